The smallest absolute Gasteiger partial charge is 0.257 e. The minimum Gasteiger partial charge on any atom is -0.492 e. The Kier molecular flexibility index (Phi) is 5.45. The van der Waals surface area contributed by atoms with Crippen LogP contribution >= 0.6 is 0 Å². The molecule has 0 unspecified atom stereocenters. The lowest BCUT2D eigenvalue weighted by atomic mass is 10.0. The highest BCUT2D eigenvalue weighted by molar-refractivity contribution is 6.04. The Balaban J connectivity index is 1.39. The molecule has 2 aliphatic heterocycles. The first-order chi connectivity index (χ1) is 13.7. The number of aromatic nitrogens is 1. The molecular formula is C21H25N3O4. The van der Waals surface area contributed by atoms with Crippen molar-refractivity contribution < 1.29 is 19.0 Å². The van der Waals surface area contributed by atoms with Gasteiger partial charge in [0.05, 0.1) is 31.1 Å². The Morgan fingerprint density at radius 1 is 1.18 bits per heavy atom. The number of ether oxygens (including phenoxy) is 3. The molecule has 2 saturated heterocycles. The second-order valence-corrected chi connectivity index (χ2v) is 6.88. The molecule has 0 aliphatic carbocycles. The van der Waals surface area contributed by atoms with Gasteiger partial charge in [-0.2, -0.15) is 0 Å². The summed E-state index contributed by atoms with van der Waals surface area (Å²) in [6.07, 6.45) is 3.26. The van der Waals surface area contributed by atoms with Crippen molar-refractivity contribution in [1.82, 2.24) is 4.98 Å². The summed E-state index contributed by atoms with van der Waals surface area (Å²) in [5.41, 5.74) is 1.15. The van der Waals surface area contributed by atoms with Gasteiger partial charge >= 0.3 is 0 Å². The van der Waals surface area contributed by atoms with Gasteiger partial charge < -0.3 is 24.4 Å². The van der Waals surface area contributed by atoms with Crippen molar-refractivity contribution in [2.45, 2.75) is 25.6 Å². The number of amides is 1. The monoisotopic (exact) mass is 383 g/mol. The van der Waals surface area contributed by atoms with Gasteiger partial charge in [-0.3, -0.25) is 4.79 Å². The van der Waals surface area contributed by atoms with Crippen LogP contribution in [-0.4, -0.2) is 49.6 Å². The Bertz CT molecular complexity index is 809. The van der Waals surface area contributed by atoms with Gasteiger partial charge in [0.15, 0.2) is 5.79 Å². The summed E-state index contributed by atoms with van der Waals surface area (Å²) in [6, 6.07) is 11.1. The van der Waals surface area contributed by atoms with Gasteiger partial charge in [-0.15, -0.1) is 0 Å². The van der Waals surface area contributed by atoms with Gasteiger partial charge in [-0.1, -0.05) is 12.1 Å². The molecule has 4 rings (SSSR count). The van der Waals surface area contributed by atoms with Crippen molar-refractivity contribution in [2.24, 2.45) is 0 Å². The molecule has 0 saturated carbocycles. The van der Waals surface area contributed by atoms with Gasteiger partial charge in [0.1, 0.15) is 11.6 Å². The zero-order chi connectivity index (χ0) is 19.4. The fourth-order valence-electron chi connectivity index (χ4n) is 3.62. The Morgan fingerprint density at radius 3 is 2.61 bits per heavy atom. The quantitative estimate of drug-likeness (QED) is 0.855. The Morgan fingerprint density at radius 2 is 1.93 bits per heavy atom. The largest absolute Gasteiger partial charge is 0.492 e. The number of para-hydroxylation sites is 2. The molecule has 2 aromatic rings. The molecule has 1 N–H and O–H groups in total. The summed E-state index contributed by atoms with van der Waals surface area (Å²) in [6.45, 7) is 5.44. The lowest BCUT2D eigenvalue weighted by molar-refractivity contribution is -0.169. The number of hydrogen-bond acceptors (Lipinski definition) is 6. The zero-order valence-electron chi connectivity index (χ0n) is 16.0. The van der Waals surface area contributed by atoms with Crippen LogP contribution < -0.4 is 15.0 Å². The summed E-state index contributed by atoms with van der Waals surface area (Å²) < 4.78 is 17.1. The topological polar surface area (TPSA) is 72.9 Å². The van der Waals surface area contributed by atoms with Crippen molar-refractivity contribution in [3.05, 3.63) is 48.2 Å². The van der Waals surface area contributed by atoms with Crippen molar-refractivity contribution in [3.63, 3.8) is 0 Å². The van der Waals surface area contributed by atoms with E-state index in [9.17, 15) is 4.79 Å². The van der Waals surface area contributed by atoms with Crippen LogP contribution in [0, 0.1) is 0 Å². The minimum absolute atomic E-state index is 0.212. The van der Waals surface area contributed by atoms with E-state index in [4.69, 9.17) is 14.2 Å². The average Bonchev–Trinajstić information content (AvgIpc) is 3.18. The standard InChI is InChI=1S/C21H25N3O4/c1-2-26-18-6-4-3-5-17(18)23-20(25)16-7-8-19(22-15-16)24-11-9-21(10-12-24)27-13-14-28-21/h3-8,15H,2,9-14H2,1H3,(H,23,25). The number of hydrogen-bond donors (Lipinski definition) is 1. The van der Waals surface area contributed by atoms with Crippen molar-refractivity contribution >= 4 is 17.4 Å². The number of piperidine rings is 1. The van der Waals surface area contributed by atoms with E-state index in [1.54, 1.807) is 12.3 Å². The molecule has 0 radical (unpaired) electrons. The van der Waals surface area contributed by atoms with E-state index in [1.807, 2.05) is 37.3 Å². The number of carbonyl (C=O) groups is 1. The summed E-state index contributed by atoms with van der Waals surface area (Å²) in [5.74, 6) is 0.904. The number of nitrogens with one attached hydrogen (secondary N) is 1. The predicted octanol–water partition coefficient (Wildman–Crippen LogP) is 3.08. The number of carbonyl (C=O) groups excluding carboxylic acids is 1. The molecule has 7 heteroatoms. The van der Waals surface area contributed by atoms with Crippen LogP contribution in [0.2, 0.25) is 0 Å². The first kappa shape index (κ1) is 18.7. The number of anilines is 2. The molecule has 1 aromatic carbocycles. The fourth-order valence-corrected chi connectivity index (χ4v) is 3.62. The number of rotatable bonds is 5. The first-order valence-corrected chi connectivity index (χ1v) is 9.71. The van der Waals surface area contributed by atoms with Crippen LogP contribution in [-0.2, 0) is 9.47 Å². The highest BCUT2D eigenvalue weighted by Crippen LogP contribution is 2.32. The molecule has 7 nitrogen and oxygen atoms in total. The summed E-state index contributed by atoms with van der Waals surface area (Å²) >= 11 is 0. The van der Waals surface area contributed by atoms with E-state index in [1.165, 1.54) is 0 Å². The van der Waals surface area contributed by atoms with E-state index in [-0.39, 0.29) is 5.91 Å². The second-order valence-electron chi connectivity index (χ2n) is 6.88. The molecule has 28 heavy (non-hydrogen) atoms. The van der Waals surface area contributed by atoms with Gasteiger partial charge in [-0.05, 0) is 31.2 Å². The van der Waals surface area contributed by atoms with E-state index in [0.29, 0.717) is 36.8 Å². The third-order valence-electron chi connectivity index (χ3n) is 5.11. The molecule has 0 atom stereocenters. The van der Waals surface area contributed by atoms with Crippen LogP contribution in [0.1, 0.15) is 30.1 Å². The molecular weight excluding hydrogens is 358 g/mol. The van der Waals surface area contributed by atoms with Crippen molar-refractivity contribution in [2.75, 3.05) is 43.1 Å². The van der Waals surface area contributed by atoms with E-state index >= 15 is 0 Å². The molecule has 3 heterocycles. The predicted molar refractivity (Wildman–Crippen MR) is 106 cm³/mol. The average molecular weight is 383 g/mol. The number of benzene rings is 1. The van der Waals surface area contributed by atoms with Gasteiger partial charge in [0.2, 0.25) is 0 Å². The van der Waals surface area contributed by atoms with Crippen LogP contribution in [0.25, 0.3) is 0 Å². The normalized spacial score (nSPS) is 18.2. The maximum Gasteiger partial charge on any atom is 0.257 e. The van der Waals surface area contributed by atoms with Crippen molar-refractivity contribution in [1.29, 1.82) is 0 Å². The molecule has 2 aliphatic rings. The Hall–Kier alpha value is -2.64. The molecule has 148 valence electrons. The first-order valence-electron chi connectivity index (χ1n) is 9.71. The van der Waals surface area contributed by atoms with Crippen molar-refractivity contribution in [3.8, 4) is 5.75 Å². The van der Waals surface area contributed by atoms with Crippen LogP contribution in [0.4, 0.5) is 11.5 Å². The lowest BCUT2D eigenvalue weighted by Crippen LogP contribution is -2.45. The van der Waals surface area contributed by atoms with E-state index in [0.717, 1.165) is 31.7 Å². The van der Waals surface area contributed by atoms with Gasteiger partial charge in [0.25, 0.3) is 5.91 Å². The van der Waals surface area contributed by atoms with Gasteiger partial charge in [0, 0.05) is 32.1 Å². The molecule has 1 spiro atoms. The molecule has 2 fully saturated rings. The zero-order valence-corrected chi connectivity index (χ0v) is 16.0. The SMILES string of the molecule is CCOc1ccccc1NC(=O)c1ccc(N2CCC3(CC2)OCCO3)nc1. The maximum absolute atomic E-state index is 12.6. The summed E-state index contributed by atoms with van der Waals surface area (Å²) in [4.78, 5) is 19.3. The van der Waals surface area contributed by atoms with Crippen LogP contribution in [0.3, 0.4) is 0 Å². The number of nitrogens with zero attached hydrogens (tertiary/aromatic N) is 2. The Labute approximate surface area is 164 Å². The number of pyridine rings is 1. The summed E-state index contributed by atoms with van der Waals surface area (Å²) in [7, 11) is 0. The third-order valence-corrected chi connectivity index (χ3v) is 5.11. The van der Waals surface area contributed by atoms with Crippen LogP contribution in [0.15, 0.2) is 42.6 Å². The third kappa shape index (κ3) is 3.95. The van der Waals surface area contributed by atoms with Gasteiger partial charge in [-0.25, -0.2) is 4.98 Å². The maximum atomic E-state index is 12.6. The molecule has 1 amide bonds. The van der Waals surface area contributed by atoms with E-state index < -0.39 is 5.79 Å². The van der Waals surface area contributed by atoms with Crippen LogP contribution in [0.5, 0.6) is 5.75 Å². The summed E-state index contributed by atoms with van der Waals surface area (Å²) in [5, 5.41) is 2.89. The molecule has 1 aromatic heterocycles. The molecule has 0 bridgehead atoms. The highest BCUT2D eigenvalue weighted by atomic mass is 16.7. The fraction of sp³-hybridized carbons (Fsp3) is 0.429. The minimum atomic E-state index is -0.399. The second kappa shape index (κ2) is 8.16. The highest BCUT2D eigenvalue weighted by Gasteiger charge is 2.40. The van der Waals surface area contributed by atoms with E-state index in [2.05, 4.69) is 15.2 Å². The lowest BCUT2D eigenvalue weighted by Gasteiger charge is -2.38.